The zero-order chi connectivity index (χ0) is 15.4. The normalized spacial score (nSPS) is 14.0. The molecule has 1 fully saturated rings. The lowest BCUT2D eigenvalue weighted by atomic mass is 10.2. The predicted molar refractivity (Wildman–Crippen MR) is 89.6 cm³/mol. The van der Waals surface area contributed by atoms with Gasteiger partial charge in [-0.15, -0.1) is 11.3 Å². The third-order valence-corrected chi connectivity index (χ3v) is 5.58. The fraction of sp³-hybridized carbons (Fsp3) is 0.571. The Morgan fingerprint density at radius 3 is 2.67 bits per heavy atom. The number of carbonyl (C=O) groups is 2. The number of ether oxygens (including phenoxy) is 1. The molecule has 1 aliphatic carbocycles. The molecule has 4 nitrogen and oxygen atoms in total. The van der Waals surface area contributed by atoms with Gasteiger partial charge in [0.05, 0.1) is 26.2 Å². The van der Waals surface area contributed by atoms with Crippen molar-refractivity contribution in [2.45, 2.75) is 26.2 Å². The summed E-state index contributed by atoms with van der Waals surface area (Å²) in [4.78, 5) is 25.9. The Balaban J connectivity index is 2.02. The van der Waals surface area contributed by atoms with Crippen LogP contribution in [0.2, 0.25) is 0 Å². The van der Waals surface area contributed by atoms with Crippen molar-refractivity contribution < 1.29 is 14.3 Å². The summed E-state index contributed by atoms with van der Waals surface area (Å²) in [7, 11) is 0. The van der Waals surface area contributed by atoms with Gasteiger partial charge in [0.2, 0.25) is 0 Å². The Morgan fingerprint density at radius 2 is 2.14 bits per heavy atom. The molecule has 2 rings (SSSR count). The molecule has 0 saturated heterocycles. The highest BCUT2D eigenvalue weighted by Crippen LogP contribution is 2.34. The van der Waals surface area contributed by atoms with Crippen molar-refractivity contribution in [2.24, 2.45) is 5.92 Å². The van der Waals surface area contributed by atoms with Crippen molar-refractivity contribution in [2.75, 3.05) is 19.7 Å². The second-order valence-corrected chi connectivity index (χ2v) is 8.74. The lowest BCUT2D eigenvalue weighted by Crippen LogP contribution is -2.35. The van der Waals surface area contributed by atoms with E-state index in [2.05, 4.69) is 31.9 Å². The van der Waals surface area contributed by atoms with Crippen molar-refractivity contribution in [1.82, 2.24) is 4.90 Å². The fourth-order valence-corrected chi connectivity index (χ4v) is 4.78. The summed E-state index contributed by atoms with van der Waals surface area (Å²) in [5.41, 5.74) is 0.649. The zero-order valence-electron chi connectivity index (χ0n) is 11.7. The number of halogens is 2. The number of hydrogen-bond donors (Lipinski definition) is 0. The van der Waals surface area contributed by atoms with Crippen molar-refractivity contribution in [3.05, 3.63) is 19.2 Å². The van der Waals surface area contributed by atoms with Crippen molar-refractivity contribution >= 4 is 55.1 Å². The van der Waals surface area contributed by atoms with Gasteiger partial charge in [0.15, 0.2) is 0 Å². The number of hydrogen-bond acceptors (Lipinski definition) is 4. The molecule has 0 aliphatic heterocycles. The fourth-order valence-electron chi connectivity index (χ4n) is 2.00. The van der Waals surface area contributed by atoms with Crippen LogP contribution in [-0.4, -0.2) is 36.5 Å². The van der Waals surface area contributed by atoms with Crippen LogP contribution in [0, 0.1) is 5.92 Å². The summed E-state index contributed by atoms with van der Waals surface area (Å²) in [5.74, 6) is 0.300. The van der Waals surface area contributed by atoms with Gasteiger partial charge < -0.3 is 9.64 Å². The molecule has 1 aliphatic rings. The van der Waals surface area contributed by atoms with E-state index in [0.717, 1.165) is 27.0 Å². The minimum absolute atomic E-state index is 0.0278. The van der Waals surface area contributed by atoms with Crippen LogP contribution in [0.25, 0.3) is 0 Å². The minimum Gasteiger partial charge on any atom is -0.466 e. The molecule has 0 aromatic carbocycles. The van der Waals surface area contributed by atoms with Crippen LogP contribution in [0.4, 0.5) is 0 Å². The third-order valence-electron chi connectivity index (χ3n) is 3.24. The average Bonchev–Trinajstić information content (AvgIpc) is 3.18. The van der Waals surface area contributed by atoms with Gasteiger partial charge in [-0.25, -0.2) is 0 Å². The summed E-state index contributed by atoms with van der Waals surface area (Å²) in [6.45, 7) is 3.29. The zero-order valence-corrected chi connectivity index (χ0v) is 15.7. The van der Waals surface area contributed by atoms with Gasteiger partial charge in [-0.3, -0.25) is 9.59 Å². The van der Waals surface area contributed by atoms with Gasteiger partial charge >= 0.3 is 5.97 Å². The molecule has 0 spiro atoms. The van der Waals surface area contributed by atoms with Gasteiger partial charge in [-0.2, -0.15) is 0 Å². The monoisotopic (exact) mass is 437 g/mol. The van der Waals surface area contributed by atoms with Gasteiger partial charge in [-0.1, -0.05) is 0 Å². The van der Waals surface area contributed by atoms with E-state index >= 15 is 0 Å². The first kappa shape index (κ1) is 17.0. The van der Waals surface area contributed by atoms with Gasteiger partial charge in [0.25, 0.3) is 5.91 Å². The largest absolute Gasteiger partial charge is 0.466 e. The predicted octanol–water partition coefficient (Wildman–Crippen LogP) is 4.08. The Kier molecular flexibility index (Phi) is 6.25. The smallest absolute Gasteiger partial charge is 0.307 e. The molecular formula is C14H17Br2NO3S. The number of rotatable bonds is 7. The second-order valence-electron chi connectivity index (χ2n) is 4.99. The summed E-state index contributed by atoms with van der Waals surface area (Å²) in [6, 6.07) is 1.82. The molecule has 0 N–H and O–H groups in total. The average molecular weight is 439 g/mol. The summed E-state index contributed by atoms with van der Waals surface area (Å²) in [5, 5.41) is 0. The number of nitrogens with zero attached hydrogens (tertiary/aromatic N) is 1. The molecule has 0 unspecified atom stereocenters. The number of amides is 1. The van der Waals surface area contributed by atoms with E-state index in [1.54, 1.807) is 11.8 Å². The van der Waals surface area contributed by atoms with Gasteiger partial charge in [0.1, 0.15) is 0 Å². The van der Waals surface area contributed by atoms with E-state index in [-0.39, 0.29) is 18.3 Å². The quantitative estimate of drug-likeness (QED) is 0.602. The second kappa shape index (κ2) is 7.74. The molecule has 0 bridgehead atoms. The Bertz CT molecular complexity index is 528. The molecular weight excluding hydrogens is 422 g/mol. The number of thiophene rings is 1. The first-order valence-corrected chi connectivity index (χ1v) is 9.31. The minimum atomic E-state index is -0.253. The van der Waals surface area contributed by atoms with Crippen LogP contribution in [0.15, 0.2) is 13.6 Å². The summed E-state index contributed by atoms with van der Waals surface area (Å²) < 4.78 is 6.66. The maximum absolute atomic E-state index is 12.6. The third kappa shape index (κ3) is 5.07. The molecule has 1 aromatic rings. The topological polar surface area (TPSA) is 46.6 Å². The number of esters is 1. The van der Waals surface area contributed by atoms with E-state index in [4.69, 9.17) is 4.74 Å². The van der Waals surface area contributed by atoms with Crippen molar-refractivity contribution in [3.8, 4) is 0 Å². The molecule has 0 atom stereocenters. The maximum Gasteiger partial charge on any atom is 0.307 e. The maximum atomic E-state index is 12.6. The highest BCUT2D eigenvalue weighted by molar-refractivity contribution is 9.12. The van der Waals surface area contributed by atoms with Crippen LogP contribution in [0.1, 0.15) is 36.5 Å². The molecule has 21 heavy (non-hydrogen) atoms. The lowest BCUT2D eigenvalue weighted by Gasteiger charge is -2.22. The highest BCUT2D eigenvalue weighted by Gasteiger charge is 2.29. The van der Waals surface area contributed by atoms with E-state index in [1.165, 1.54) is 11.3 Å². The molecule has 0 radical (unpaired) electrons. The summed E-state index contributed by atoms with van der Waals surface area (Å²) >= 11 is 8.29. The van der Waals surface area contributed by atoms with E-state index in [9.17, 15) is 9.59 Å². The molecule has 7 heteroatoms. The molecule has 1 heterocycles. The number of carbonyl (C=O) groups excluding carboxylic acids is 2. The van der Waals surface area contributed by atoms with Crippen molar-refractivity contribution in [3.63, 3.8) is 0 Å². The van der Waals surface area contributed by atoms with Crippen LogP contribution >= 0.6 is 43.2 Å². The molecule has 1 saturated carbocycles. The standard InChI is InChI=1S/C14H17Br2NO3S/c1-2-20-12(18)5-6-17(8-9-3-4-9)14(19)10-7-11(15)21-13(10)16/h7,9H,2-6,8H2,1H3. The van der Waals surface area contributed by atoms with Crippen LogP contribution < -0.4 is 0 Å². The summed E-state index contributed by atoms with van der Waals surface area (Å²) in [6.07, 6.45) is 2.57. The first-order chi connectivity index (χ1) is 10.0. The van der Waals surface area contributed by atoms with Gasteiger partial charge in [-0.05, 0) is 63.6 Å². The Labute approximate surface area is 145 Å². The van der Waals surface area contributed by atoms with Crippen LogP contribution in [-0.2, 0) is 9.53 Å². The van der Waals surface area contributed by atoms with E-state index in [1.807, 2.05) is 6.07 Å². The molecule has 116 valence electrons. The Morgan fingerprint density at radius 1 is 1.43 bits per heavy atom. The van der Waals surface area contributed by atoms with Crippen molar-refractivity contribution in [1.29, 1.82) is 0 Å². The van der Waals surface area contributed by atoms with Gasteiger partial charge in [0, 0.05) is 13.1 Å². The molecule has 1 aromatic heterocycles. The van der Waals surface area contributed by atoms with E-state index in [0.29, 0.717) is 24.6 Å². The molecule has 1 amide bonds. The van der Waals surface area contributed by atoms with Crippen LogP contribution in [0.5, 0.6) is 0 Å². The highest BCUT2D eigenvalue weighted by atomic mass is 79.9. The van der Waals surface area contributed by atoms with E-state index < -0.39 is 0 Å². The van der Waals surface area contributed by atoms with Crippen LogP contribution in [0.3, 0.4) is 0 Å². The SMILES string of the molecule is CCOC(=O)CCN(CC1CC1)C(=O)c1cc(Br)sc1Br. The first-order valence-electron chi connectivity index (χ1n) is 6.91. The Hall–Kier alpha value is -0.400. The lowest BCUT2D eigenvalue weighted by molar-refractivity contribution is -0.143.